The van der Waals surface area contributed by atoms with Gasteiger partial charge in [0.2, 0.25) is 6.23 Å². The summed E-state index contributed by atoms with van der Waals surface area (Å²) in [6.45, 7) is 4.37. The number of nitrogens with zero attached hydrogens (tertiary/aromatic N) is 2. The van der Waals surface area contributed by atoms with Crippen molar-refractivity contribution in [2.24, 2.45) is 5.10 Å². The summed E-state index contributed by atoms with van der Waals surface area (Å²) in [5.41, 5.74) is 5.13. The van der Waals surface area contributed by atoms with Gasteiger partial charge >= 0.3 is 0 Å². The van der Waals surface area contributed by atoms with Crippen LogP contribution in [0, 0.1) is 0 Å². The molecule has 0 saturated carbocycles. The van der Waals surface area contributed by atoms with Crippen LogP contribution in [0.4, 0.5) is 0 Å². The van der Waals surface area contributed by atoms with Gasteiger partial charge in [-0.15, -0.1) is 0 Å². The topological polar surface area (TPSA) is 43.3 Å². The minimum absolute atomic E-state index is 0.0576. The van der Waals surface area contributed by atoms with E-state index in [0.29, 0.717) is 39.6 Å². The highest BCUT2D eigenvalue weighted by Crippen LogP contribution is 2.51. The van der Waals surface area contributed by atoms with Gasteiger partial charge in [0.15, 0.2) is 11.5 Å². The molecule has 0 fully saturated rings. The van der Waals surface area contributed by atoms with E-state index in [1.165, 1.54) is 5.56 Å². The average Bonchev–Trinajstić information content (AvgIpc) is 3.29. The van der Waals surface area contributed by atoms with Crippen molar-refractivity contribution in [3.63, 3.8) is 0 Å². The Hall–Kier alpha value is -2.89. The van der Waals surface area contributed by atoms with Gasteiger partial charge in [0.05, 0.1) is 31.0 Å². The van der Waals surface area contributed by atoms with Gasteiger partial charge in [0.1, 0.15) is 5.75 Å². The molecule has 0 radical (unpaired) electrons. The number of hydrazone groups is 1. The zero-order chi connectivity index (χ0) is 24.0. The molecule has 5 nitrogen and oxygen atoms in total. The number of rotatable bonds is 5. The molecule has 0 N–H and O–H groups in total. The van der Waals surface area contributed by atoms with Crippen molar-refractivity contribution in [1.82, 2.24) is 5.01 Å². The molecule has 2 aliphatic heterocycles. The molecular weight excluding hydrogens is 471 g/mol. The molecule has 0 bridgehead atoms. The summed E-state index contributed by atoms with van der Waals surface area (Å²) < 4.78 is 17.4. The second kappa shape index (κ2) is 9.05. The average molecular weight is 497 g/mol. The predicted molar refractivity (Wildman–Crippen MR) is 136 cm³/mol. The van der Waals surface area contributed by atoms with Crippen molar-refractivity contribution < 1.29 is 14.2 Å². The Kier molecular flexibility index (Phi) is 6.09. The molecule has 2 heterocycles. The van der Waals surface area contributed by atoms with Gasteiger partial charge in [-0.1, -0.05) is 61.3 Å². The molecule has 3 aromatic rings. The molecule has 0 spiro atoms. The molecule has 0 amide bonds. The van der Waals surface area contributed by atoms with E-state index in [4.69, 9.17) is 42.5 Å². The second-order valence-electron chi connectivity index (χ2n) is 8.81. The molecule has 2 unspecified atom stereocenters. The fourth-order valence-corrected chi connectivity index (χ4v) is 5.12. The standard InChI is InChI=1S/C27H26Cl2N2O3/c1-15(2)16-5-7-17(8-6-16)27-31-23(20-12-19(28)13-21(29)26(20)34-27)14-22(30-31)18-9-10-24(32-3)25(11-18)33-4/h5-13,15,23,27H,14H2,1-4H3. The maximum Gasteiger partial charge on any atom is 0.213 e. The first-order valence-electron chi connectivity index (χ1n) is 11.2. The molecule has 3 aromatic carbocycles. The van der Waals surface area contributed by atoms with Crippen LogP contribution in [0.5, 0.6) is 17.2 Å². The molecule has 0 aromatic heterocycles. The summed E-state index contributed by atoms with van der Waals surface area (Å²) >= 11 is 13.0. The smallest absolute Gasteiger partial charge is 0.213 e. The van der Waals surface area contributed by atoms with Gasteiger partial charge in [-0.25, -0.2) is 5.01 Å². The van der Waals surface area contributed by atoms with Crippen LogP contribution < -0.4 is 14.2 Å². The number of hydrogen-bond acceptors (Lipinski definition) is 5. The number of halogens is 2. The number of ether oxygens (including phenoxy) is 3. The van der Waals surface area contributed by atoms with Crippen LogP contribution in [0.25, 0.3) is 0 Å². The van der Waals surface area contributed by atoms with Gasteiger partial charge < -0.3 is 14.2 Å². The second-order valence-corrected chi connectivity index (χ2v) is 9.66. The normalized spacial score (nSPS) is 18.8. The Balaban J connectivity index is 1.59. The van der Waals surface area contributed by atoms with E-state index in [9.17, 15) is 0 Å². The Bertz CT molecular complexity index is 1260. The molecule has 34 heavy (non-hydrogen) atoms. The molecule has 7 heteroatoms. The third-order valence-electron chi connectivity index (χ3n) is 6.41. The lowest BCUT2D eigenvalue weighted by molar-refractivity contribution is -0.0189. The highest BCUT2D eigenvalue weighted by Gasteiger charge is 2.42. The van der Waals surface area contributed by atoms with E-state index in [1.807, 2.05) is 29.3 Å². The maximum atomic E-state index is 6.59. The lowest BCUT2D eigenvalue weighted by Gasteiger charge is -2.38. The first kappa shape index (κ1) is 22.9. The van der Waals surface area contributed by atoms with Gasteiger partial charge in [0.25, 0.3) is 0 Å². The van der Waals surface area contributed by atoms with Crippen LogP contribution in [0.15, 0.2) is 59.7 Å². The Labute approximate surface area is 209 Å². The lowest BCUT2D eigenvalue weighted by atomic mass is 9.95. The summed E-state index contributed by atoms with van der Waals surface area (Å²) in [5.74, 6) is 2.45. The van der Waals surface area contributed by atoms with Gasteiger partial charge in [0, 0.05) is 28.1 Å². The summed E-state index contributed by atoms with van der Waals surface area (Å²) in [5, 5.41) is 8.13. The minimum Gasteiger partial charge on any atom is -0.493 e. The van der Waals surface area contributed by atoms with Crippen LogP contribution in [-0.4, -0.2) is 24.9 Å². The summed E-state index contributed by atoms with van der Waals surface area (Å²) in [4.78, 5) is 0. The van der Waals surface area contributed by atoms with Crippen molar-refractivity contribution in [3.05, 3.63) is 86.9 Å². The lowest BCUT2D eigenvalue weighted by Crippen LogP contribution is -2.33. The van der Waals surface area contributed by atoms with E-state index >= 15 is 0 Å². The van der Waals surface area contributed by atoms with Crippen molar-refractivity contribution in [2.45, 2.75) is 38.5 Å². The predicted octanol–water partition coefficient (Wildman–Crippen LogP) is 7.38. The van der Waals surface area contributed by atoms with Crippen LogP contribution in [-0.2, 0) is 0 Å². The van der Waals surface area contributed by atoms with E-state index in [-0.39, 0.29) is 6.04 Å². The summed E-state index contributed by atoms with van der Waals surface area (Å²) in [6.07, 6.45) is 0.276. The number of hydrogen-bond donors (Lipinski definition) is 0. The van der Waals surface area contributed by atoms with Gasteiger partial charge in [-0.05, 0) is 41.8 Å². The number of fused-ring (bicyclic) bond motifs is 3. The van der Waals surface area contributed by atoms with Crippen molar-refractivity contribution >= 4 is 28.9 Å². The summed E-state index contributed by atoms with van der Waals surface area (Å²) in [6, 6.07) is 17.9. The molecule has 176 valence electrons. The van der Waals surface area contributed by atoms with Crippen LogP contribution >= 0.6 is 23.2 Å². The number of benzene rings is 3. The third kappa shape index (κ3) is 3.97. The molecule has 2 aliphatic rings. The molecule has 5 rings (SSSR count). The summed E-state index contributed by atoms with van der Waals surface area (Å²) in [7, 11) is 3.26. The fourth-order valence-electron chi connectivity index (χ4n) is 4.57. The molecule has 2 atom stereocenters. The van der Waals surface area contributed by atoms with Gasteiger partial charge in [-0.2, -0.15) is 5.10 Å². The van der Waals surface area contributed by atoms with E-state index in [0.717, 1.165) is 22.4 Å². The third-order valence-corrected chi connectivity index (χ3v) is 6.91. The quantitative estimate of drug-likeness (QED) is 0.369. The van der Waals surface area contributed by atoms with Crippen LogP contribution in [0.3, 0.4) is 0 Å². The van der Waals surface area contributed by atoms with E-state index in [2.05, 4.69) is 38.1 Å². The van der Waals surface area contributed by atoms with Gasteiger partial charge in [-0.3, -0.25) is 0 Å². The molecular formula is C27H26Cl2N2O3. The minimum atomic E-state index is -0.407. The van der Waals surface area contributed by atoms with Crippen LogP contribution in [0.2, 0.25) is 10.0 Å². The Morgan fingerprint density at radius 1 is 0.971 bits per heavy atom. The number of methoxy groups -OCH3 is 2. The Morgan fingerprint density at radius 3 is 2.38 bits per heavy atom. The monoisotopic (exact) mass is 496 g/mol. The van der Waals surface area contributed by atoms with Crippen molar-refractivity contribution in [2.75, 3.05) is 14.2 Å². The zero-order valence-corrected chi connectivity index (χ0v) is 21.0. The largest absolute Gasteiger partial charge is 0.493 e. The van der Waals surface area contributed by atoms with Crippen molar-refractivity contribution in [3.8, 4) is 17.2 Å². The Morgan fingerprint density at radius 2 is 1.71 bits per heavy atom. The highest BCUT2D eigenvalue weighted by molar-refractivity contribution is 6.35. The van der Waals surface area contributed by atoms with E-state index in [1.54, 1.807) is 20.3 Å². The first-order chi connectivity index (χ1) is 16.4. The first-order valence-corrected chi connectivity index (χ1v) is 12.0. The fraction of sp³-hybridized carbons (Fsp3) is 0.296. The molecule has 0 aliphatic carbocycles. The highest BCUT2D eigenvalue weighted by atomic mass is 35.5. The molecule has 0 saturated heterocycles. The van der Waals surface area contributed by atoms with Crippen LogP contribution in [0.1, 0.15) is 60.7 Å². The zero-order valence-electron chi connectivity index (χ0n) is 19.5. The van der Waals surface area contributed by atoms with Crippen molar-refractivity contribution in [1.29, 1.82) is 0 Å². The van der Waals surface area contributed by atoms with E-state index < -0.39 is 6.23 Å². The SMILES string of the molecule is COc1ccc(C2=NN3C(C2)c2cc(Cl)cc(Cl)c2OC3c2ccc(C(C)C)cc2)cc1OC. The maximum absolute atomic E-state index is 6.59.